The van der Waals surface area contributed by atoms with Gasteiger partial charge in [-0.15, -0.1) is 11.3 Å². The zero-order chi connectivity index (χ0) is 16.1. The van der Waals surface area contributed by atoms with Crippen LogP contribution in [0, 0.1) is 6.92 Å². The lowest BCUT2D eigenvalue weighted by atomic mass is 9.90. The van der Waals surface area contributed by atoms with E-state index in [1.807, 2.05) is 19.1 Å². The van der Waals surface area contributed by atoms with Gasteiger partial charge in [0.1, 0.15) is 5.92 Å². The second-order valence-corrected chi connectivity index (χ2v) is 6.04. The van der Waals surface area contributed by atoms with E-state index in [4.69, 9.17) is 4.74 Å². The molecule has 1 atom stereocenters. The number of rotatable bonds is 5. The molecule has 0 radical (unpaired) electrons. The van der Waals surface area contributed by atoms with Gasteiger partial charge in [0.2, 0.25) is 0 Å². The zero-order valence-electron chi connectivity index (χ0n) is 12.3. The number of hydrogen-bond donors (Lipinski definition) is 1. The molecular weight excluding hydrogens is 300 g/mol. The van der Waals surface area contributed by atoms with Gasteiger partial charge < -0.3 is 9.84 Å². The first-order valence-corrected chi connectivity index (χ1v) is 7.48. The molecule has 0 spiro atoms. The zero-order valence-corrected chi connectivity index (χ0v) is 13.1. The summed E-state index contributed by atoms with van der Waals surface area (Å²) in [5.41, 5.74) is 0.656. The van der Waals surface area contributed by atoms with E-state index in [0.29, 0.717) is 5.56 Å². The molecule has 0 bridgehead atoms. The summed E-state index contributed by atoms with van der Waals surface area (Å²) in [6, 6.07) is 12.4. The van der Waals surface area contributed by atoms with Gasteiger partial charge in [-0.2, -0.15) is 0 Å². The van der Waals surface area contributed by atoms with Crippen LogP contribution in [0.5, 0.6) is 0 Å². The number of aryl methyl sites for hydroxylation is 1. The van der Waals surface area contributed by atoms with Crippen molar-refractivity contribution >= 4 is 29.4 Å². The van der Waals surface area contributed by atoms with Crippen molar-refractivity contribution in [2.45, 2.75) is 12.8 Å². The number of carboxylic acids is 1. The van der Waals surface area contributed by atoms with Crippen LogP contribution in [-0.4, -0.2) is 24.2 Å². The van der Waals surface area contributed by atoms with Crippen LogP contribution in [0.1, 0.15) is 21.2 Å². The third-order valence-electron chi connectivity index (χ3n) is 3.17. The average molecular weight is 316 g/mol. The first kappa shape index (κ1) is 16.0. The van der Waals surface area contributed by atoms with Crippen LogP contribution in [0.3, 0.4) is 0 Å². The lowest BCUT2D eigenvalue weighted by Crippen LogP contribution is -2.20. The third kappa shape index (κ3) is 3.62. The number of ether oxygens (including phenoxy) is 1. The van der Waals surface area contributed by atoms with Crippen LogP contribution in [0.2, 0.25) is 0 Å². The molecule has 0 amide bonds. The van der Waals surface area contributed by atoms with E-state index in [9.17, 15) is 14.7 Å². The molecule has 0 saturated carbocycles. The van der Waals surface area contributed by atoms with Gasteiger partial charge in [-0.25, -0.2) is 4.79 Å². The predicted octanol–water partition coefficient (Wildman–Crippen LogP) is 3.48. The molecule has 0 aliphatic carbocycles. The predicted molar refractivity (Wildman–Crippen MR) is 85.9 cm³/mol. The summed E-state index contributed by atoms with van der Waals surface area (Å²) in [6.07, 6.45) is 1.59. The topological polar surface area (TPSA) is 63.6 Å². The Morgan fingerprint density at radius 3 is 2.36 bits per heavy atom. The van der Waals surface area contributed by atoms with Crippen molar-refractivity contribution in [3.8, 4) is 0 Å². The molecule has 4 nitrogen and oxygen atoms in total. The number of hydrogen-bond acceptors (Lipinski definition) is 4. The Balaban J connectivity index is 2.53. The molecule has 1 heterocycles. The van der Waals surface area contributed by atoms with Gasteiger partial charge in [0.25, 0.3) is 0 Å². The highest BCUT2D eigenvalue weighted by molar-refractivity contribution is 7.12. The van der Waals surface area contributed by atoms with E-state index in [-0.39, 0.29) is 5.57 Å². The standard InChI is InChI=1S/C17H16O4S/c1-11-8-9-13(22-11)10-14(17(20)21-2)15(16(18)19)12-6-4-3-5-7-12/h3-10,15H,1-2H3,(H,18,19)/b14-10-. The number of aliphatic carboxylic acids is 1. The van der Waals surface area contributed by atoms with E-state index in [1.54, 1.807) is 36.4 Å². The van der Waals surface area contributed by atoms with E-state index in [0.717, 1.165) is 9.75 Å². The summed E-state index contributed by atoms with van der Waals surface area (Å²) in [4.78, 5) is 25.7. The lowest BCUT2D eigenvalue weighted by molar-refractivity contribution is -0.142. The first-order chi connectivity index (χ1) is 10.5. The van der Waals surface area contributed by atoms with E-state index in [1.165, 1.54) is 18.4 Å². The van der Waals surface area contributed by atoms with Gasteiger partial charge in [-0.3, -0.25) is 4.79 Å². The van der Waals surface area contributed by atoms with Crippen molar-refractivity contribution in [3.05, 3.63) is 63.4 Å². The van der Waals surface area contributed by atoms with Gasteiger partial charge in [-0.05, 0) is 30.7 Å². The average Bonchev–Trinajstić information content (AvgIpc) is 2.92. The highest BCUT2D eigenvalue weighted by atomic mass is 32.1. The number of carboxylic acid groups (broad SMARTS) is 1. The number of esters is 1. The Labute approximate surface area is 132 Å². The van der Waals surface area contributed by atoms with Crippen molar-refractivity contribution in [3.63, 3.8) is 0 Å². The largest absolute Gasteiger partial charge is 0.481 e. The van der Waals surface area contributed by atoms with Crippen LogP contribution in [0.25, 0.3) is 6.08 Å². The highest BCUT2D eigenvalue weighted by Gasteiger charge is 2.30. The van der Waals surface area contributed by atoms with E-state index < -0.39 is 17.9 Å². The number of benzene rings is 1. The molecular formula is C17H16O4S. The third-order valence-corrected chi connectivity index (χ3v) is 4.12. The molecule has 2 rings (SSSR count). The van der Waals surface area contributed by atoms with Crippen LogP contribution in [-0.2, 0) is 14.3 Å². The van der Waals surface area contributed by atoms with Crippen molar-refractivity contribution < 1.29 is 19.4 Å². The molecule has 2 aromatic rings. The van der Waals surface area contributed by atoms with Crippen LogP contribution in [0.4, 0.5) is 0 Å². The molecule has 1 unspecified atom stereocenters. The van der Waals surface area contributed by atoms with Crippen molar-refractivity contribution in [1.82, 2.24) is 0 Å². The van der Waals surface area contributed by atoms with Crippen molar-refractivity contribution in [2.75, 3.05) is 7.11 Å². The fraction of sp³-hybridized carbons (Fsp3) is 0.176. The summed E-state index contributed by atoms with van der Waals surface area (Å²) >= 11 is 1.49. The van der Waals surface area contributed by atoms with E-state index >= 15 is 0 Å². The van der Waals surface area contributed by atoms with Gasteiger partial charge >= 0.3 is 11.9 Å². The first-order valence-electron chi connectivity index (χ1n) is 6.67. The molecule has 0 saturated heterocycles. The monoisotopic (exact) mass is 316 g/mol. The van der Waals surface area contributed by atoms with Crippen LogP contribution < -0.4 is 0 Å². The number of carbonyl (C=O) groups excluding carboxylic acids is 1. The molecule has 0 aliphatic rings. The molecule has 5 heteroatoms. The Morgan fingerprint density at radius 2 is 1.86 bits per heavy atom. The maximum Gasteiger partial charge on any atom is 0.335 e. The Morgan fingerprint density at radius 1 is 1.18 bits per heavy atom. The molecule has 1 aromatic heterocycles. The SMILES string of the molecule is COC(=O)/C(=C\c1ccc(C)s1)C(C(=O)O)c1ccccc1. The Hall–Kier alpha value is -2.40. The van der Waals surface area contributed by atoms with Gasteiger partial charge in [-0.1, -0.05) is 30.3 Å². The molecule has 0 fully saturated rings. The second kappa shape index (κ2) is 7.04. The van der Waals surface area contributed by atoms with Crippen molar-refractivity contribution in [2.24, 2.45) is 0 Å². The smallest absolute Gasteiger partial charge is 0.335 e. The fourth-order valence-electron chi connectivity index (χ4n) is 2.16. The van der Waals surface area contributed by atoms with Crippen LogP contribution >= 0.6 is 11.3 Å². The Kier molecular flexibility index (Phi) is 5.12. The Bertz CT molecular complexity index is 700. The summed E-state index contributed by atoms with van der Waals surface area (Å²) in [5, 5.41) is 9.58. The second-order valence-electron chi connectivity index (χ2n) is 4.72. The maximum absolute atomic E-state index is 12.1. The van der Waals surface area contributed by atoms with Gasteiger partial charge in [0.15, 0.2) is 0 Å². The summed E-state index contributed by atoms with van der Waals surface area (Å²) < 4.78 is 4.78. The van der Waals surface area contributed by atoms with Crippen LogP contribution in [0.15, 0.2) is 48.0 Å². The molecule has 22 heavy (non-hydrogen) atoms. The molecule has 1 aromatic carbocycles. The summed E-state index contributed by atoms with van der Waals surface area (Å²) in [7, 11) is 1.25. The highest BCUT2D eigenvalue weighted by Crippen LogP contribution is 2.29. The number of thiophene rings is 1. The van der Waals surface area contributed by atoms with Crippen molar-refractivity contribution in [1.29, 1.82) is 0 Å². The van der Waals surface area contributed by atoms with Gasteiger partial charge in [0, 0.05) is 9.75 Å². The fourth-order valence-corrected chi connectivity index (χ4v) is 2.99. The number of methoxy groups -OCH3 is 1. The number of carbonyl (C=O) groups is 2. The molecule has 1 N–H and O–H groups in total. The van der Waals surface area contributed by atoms with E-state index in [2.05, 4.69) is 0 Å². The summed E-state index contributed by atoms with van der Waals surface area (Å²) in [5.74, 6) is -2.78. The maximum atomic E-state index is 12.1. The minimum Gasteiger partial charge on any atom is -0.481 e. The normalized spacial score (nSPS) is 12.7. The minimum atomic E-state index is -1.09. The molecule has 0 aliphatic heterocycles. The van der Waals surface area contributed by atoms with Gasteiger partial charge in [0.05, 0.1) is 12.7 Å². The quantitative estimate of drug-likeness (QED) is 0.677. The lowest BCUT2D eigenvalue weighted by Gasteiger charge is -2.15. The minimum absolute atomic E-state index is 0.114. The molecule has 114 valence electrons. The summed E-state index contributed by atoms with van der Waals surface area (Å²) in [6.45, 7) is 1.95.